The van der Waals surface area contributed by atoms with Crippen LogP contribution in [-0.4, -0.2) is 76.7 Å². The third-order valence-electron chi connectivity index (χ3n) is 4.07. The summed E-state index contributed by atoms with van der Waals surface area (Å²) in [6.07, 6.45) is 2.46. The van der Waals surface area contributed by atoms with E-state index in [0.29, 0.717) is 37.5 Å². The molecule has 2 rings (SSSR count). The molecule has 0 bridgehead atoms. The Labute approximate surface area is 147 Å². The van der Waals surface area contributed by atoms with Crippen molar-refractivity contribution in [2.45, 2.75) is 31.5 Å². The first-order valence-electron chi connectivity index (χ1n) is 8.11. The van der Waals surface area contributed by atoms with Crippen LogP contribution in [0.1, 0.15) is 25.0 Å². The minimum atomic E-state index is -1.20. The second kappa shape index (κ2) is 8.21. The molecule has 1 saturated heterocycles. The molecule has 0 aliphatic carbocycles. The summed E-state index contributed by atoms with van der Waals surface area (Å²) in [7, 11) is 4.85. The summed E-state index contributed by atoms with van der Waals surface area (Å²) >= 11 is 0. The first-order chi connectivity index (χ1) is 11.8. The van der Waals surface area contributed by atoms with E-state index >= 15 is 0 Å². The van der Waals surface area contributed by atoms with E-state index in [1.165, 1.54) is 16.1 Å². The maximum atomic E-state index is 12.5. The third kappa shape index (κ3) is 5.36. The maximum absolute atomic E-state index is 12.5. The highest BCUT2D eigenvalue weighted by Gasteiger charge is 2.37. The zero-order chi connectivity index (χ0) is 18.4. The van der Waals surface area contributed by atoms with Crippen LogP contribution in [0.2, 0.25) is 0 Å². The lowest BCUT2D eigenvalue weighted by molar-refractivity contribution is -0.135. The number of piperidine rings is 1. The summed E-state index contributed by atoms with van der Waals surface area (Å²) in [6, 6.07) is 1.27. The Hall–Kier alpha value is -2.26. The highest BCUT2D eigenvalue weighted by Crippen LogP contribution is 2.25. The Kier molecular flexibility index (Phi) is 6.27. The second-order valence-corrected chi connectivity index (χ2v) is 6.47. The summed E-state index contributed by atoms with van der Waals surface area (Å²) in [4.78, 5) is 35.4. The number of amides is 3. The Morgan fingerprint density at radius 2 is 2.20 bits per heavy atom. The lowest BCUT2D eigenvalue weighted by Crippen LogP contribution is -2.53. The van der Waals surface area contributed by atoms with Gasteiger partial charge in [0, 0.05) is 33.8 Å². The molecule has 0 aromatic carbocycles. The fourth-order valence-corrected chi connectivity index (χ4v) is 2.75. The Morgan fingerprint density at radius 3 is 2.88 bits per heavy atom. The molecule has 1 fully saturated rings. The van der Waals surface area contributed by atoms with Gasteiger partial charge in [-0.15, -0.1) is 0 Å². The highest BCUT2D eigenvalue weighted by molar-refractivity contribution is 5.88. The monoisotopic (exact) mass is 351 g/mol. The first kappa shape index (κ1) is 19.1. The van der Waals surface area contributed by atoms with Crippen LogP contribution in [0.4, 0.5) is 10.6 Å². The number of ether oxygens (including phenoxy) is 1. The average Bonchev–Trinajstić information content (AvgIpc) is 2.55. The van der Waals surface area contributed by atoms with E-state index in [1.807, 2.05) is 0 Å². The number of urea groups is 1. The number of aromatic nitrogens is 2. The first-order valence-corrected chi connectivity index (χ1v) is 8.11. The van der Waals surface area contributed by atoms with Crippen molar-refractivity contribution in [3.8, 4) is 0 Å². The molecule has 25 heavy (non-hydrogen) atoms. The summed E-state index contributed by atoms with van der Waals surface area (Å²) in [5, 5.41) is 13.4. The standard InChI is InChI=1S/C16H25N5O4/c1-20(2)14(22)8-16(24)5-4-6-21(10-16)15(23)19-13-7-12(9-25-3)17-11-18-13/h7,11,24H,4-6,8-10H2,1-3H3,(H,17,18,19,23). The number of likely N-dealkylation sites (tertiary alicyclic amines) is 1. The van der Waals surface area contributed by atoms with Gasteiger partial charge < -0.3 is 19.6 Å². The van der Waals surface area contributed by atoms with Crippen molar-refractivity contribution in [1.29, 1.82) is 0 Å². The number of nitrogens with one attached hydrogen (secondary N) is 1. The van der Waals surface area contributed by atoms with Crippen LogP contribution in [0.3, 0.4) is 0 Å². The van der Waals surface area contributed by atoms with Crippen molar-refractivity contribution in [3.63, 3.8) is 0 Å². The van der Waals surface area contributed by atoms with Crippen LogP contribution in [0, 0.1) is 0 Å². The minimum Gasteiger partial charge on any atom is -0.387 e. The van der Waals surface area contributed by atoms with Crippen LogP contribution < -0.4 is 5.32 Å². The van der Waals surface area contributed by atoms with Gasteiger partial charge in [-0.25, -0.2) is 14.8 Å². The molecule has 1 aliphatic heterocycles. The number of nitrogens with zero attached hydrogens (tertiary/aromatic N) is 4. The molecule has 1 atom stereocenters. The molecular formula is C16H25N5O4. The van der Waals surface area contributed by atoms with Crippen LogP contribution in [0.15, 0.2) is 12.4 Å². The molecule has 2 heterocycles. The van der Waals surface area contributed by atoms with Gasteiger partial charge >= 0.3 is 6.03 Å². The summed E-state index contributed by atoms with van der Waals surface area (Å²) in [5.41, 5.74) is -0.552. The molecule has 0 saturated carbocycles. The van der Waals surface area contributed by atoms with E-state index in [1.54, 1.807) is 27.3 Å². The lowest BCUT2D eigenvalue weighted by atomic mass is 9.89. The van der Waals surface area contributed by atoms with Gasteiger partial charge in [-0.05, 0) is 12.8 Å². The molecule has 1 aliphatic rings. The summed E-state index contributed by atoms with van der Waals surface area (Å²) < 4.78 is 5.01. The maximum Gasteiger partial charge on any atom is 0.323 e. The van der Waals surface area contributed by atoms with Crippen molar-refractivity contribution in [2.24, 2.45) is 0 Å². The molecule has 2 N–H and O–H groups in total. The smallest absolute Gasteiger partial charge is 0.323 e. The number of methoxy groups -OCH3 is 1. The van der Waals surface area contributed by atoms with Crippen molar-refractivity contribution in [3.05, 3.63) is 18.1 Å². The van der Waals surface area contributed by atoms with Crippen LogP contribution >= 0.6 is 0 Å². The highest BCUT2D eigenvalue weighted by atomic mass is 16.5. The molecule has 1 aromatic rings. The van der Waals surface area contributed by atoms with Crippen LogP contribution in [0.5, 0.6) is 0 Å². The predicted molar refractivity (Wildman–Crippen MR) is 90.8 cm³/mol. The molecule has 9 heteroatoms. The second-order valence-electron chi connectivity index (χ2n) is 6.47. The van der Waals surface area contributed by atoms with Gasteiger partial charge in [0.2, 0.25) is 5.91 Å². The lowest BCUT2D eigenvalue weighted by Gasteiger charge is -2.39. The fraction of sp³-hybridized carbons (Fsp3) is 0.625. The number of hydrogen-bond donors (Lipinski definition) is 2. The zero-order valence-electron chi connectivity index (χ0n) is 14.9. The third-order valence-corrected chi connectivity index (χ3v) is 4.07. The van der Waals surface area contributed by atoms with Gasteiger partial charge in [-0.1, -0.05) is 0 Å². The number of carbonyl (C=O) groups excluding carboxylic acids is 2. The number of anilines is 1. The van der Waals surface area contributed by atoms with Crippen molar-refractivity contribution < 1.29 is 19.4 Å². The summed E-state index contributed by atoms with van der Waals surface area (Å²) in [5.74, 6) is 0.204. The summed E-state index contributed by atoms with van der Waals surface area (Å²) in [6.45, 7) is 0.941. The molecule has 9 nitrogen and oxygen atoms in total. The average molecular weight is 351 g/mol. The van der Waals surface area contributed by atoms with Crippen molar-refractivity contribution in [1.82, 2.24) is 19.8 Å². The van der Waals surface area contributed by atoms with Crippen LogP contribution in [-0.2, 0) is 16.1 Å². The number of hydrogen-bond acceptors (Lipinski definition) is 6. The Morgan fingerprint density at radius 1 is 1.44 bits per heavy atom. The topological polar surface area (TPSA) is 108 Å². The quantitative estimate of drug-likeness (QED) is 0.798. The SMILES string of the molecule is COCc1cc(NC(=O)N2CCCC(O)(CC(=O)N(C)C)C2)ncn1. The van der Waals surface area contributed by atoms with Gasteiger partial charge in [0.05, 0.1) is 30.9 Å². The van der Waals surface area contributed by atoms with Gasteiger partial charge in [-0.2, -0.15) is 0 Å². The Balaban J connectivity index is 1.99. The van der Waals surface area contributed by atoms with Crippen molar-refractivity contribution >= 4 is 17.8 Å². The molecule has 0 spiro atoms. The van der Waals surface area contributed by atoms with Crippen LogP contribution in [0.25, 0.3) is 0 Å². The van der Waals surface area contributed by atoms with E-state index in [-0.39, 0.29) is 24.9 Å². The van der Waals surface area contributed by atoms with Crippen molar-refractivity contribution in [2.75, 3.05) is 39.6 Å². The molecule has 1 aromatic heterocycles. The van der Waals surface area contributed by atoms with Gasteiger partial charge in [0.15, 0.2) is 0 Å². The minimum absolute atomic E-state index is 0.00469. The van der Waals surface area contributed by atoms with Gasteiger partial charge in [-0.3, -0.25) is 10.1 Å². The molecule has 138 valence electrons. The Bertz CT molecular complexity index is 624. The van der Waals surface area contributed by atoms with E-state index < -0.39 is 5.60 Å². The van der Waals surface area contributed by atoms with E-state index in [4.69, 9.17) is 4.74 Å². The number of aliphatic hydroxyl groups is 1. The number of β-amino-alcohol motifs (C(OH)–C–C–N with tert-alkyl or cyclic N) is 1. The normalized spacial score (nSPS) is 20.2. The fourth-order valence-electron chi connectivity index (χ4n) is 2.75. The van der Waals surface area contributed by atoms with E-state index in [0.717, 1.165) is 0 Å². The number of rotatable bonds is 5. The zero-order valence-corrected chi connectivity index (χ0v) is 14.9. The molecular weight excluding hydrogens is 326 g/mol. The van der Waals surface area contributed by atoms with E-state index in [9.17, 15) is 14.7 Å². The molecule has 1 unspecified atom stereocenters. The van der Waals surface area contributed by atoms with E-state index in [2.05, 4.69) is 15.3 Å². The van der Waals surface area contributed by atoms with Gasteiger partial charge in [0.25, 0.3) is 0 Å². The number of carbonyl (C=O) groups is 2. The van der Waals surface area contributed by atoms with Gasteiger partial charge in [0.1, 0.15) is 12.1 Å². The molecule has 0 radical (unpaired) electrons. The predicted octanol–water partition coefficient (Wildman–Crippen LogP) is 0.460. The largest absolute Gasteiger partial charge is 0.387 e. The molecule has 3 amide bonds.